The van der Waals surface area contributed by atoms with E-state index in [-0.39, 0.29) is 6.42 Å². The molecule has 3 amide bonds. The van der Waals surface area contributed by atoms with E-state index in [1.54, 1.807) is 17.1 Å². The third-order valence-corrected chi connectivity index (χ3v) is 1.99. The fourth-order valence-electron chi connectivity index (χ4n) is 0.877. The first kappa shape index (κ1) is 11.0. The number of nitrogens with one attached hydrogen (secondary N) is 1. The third-order valence-electron chi connectivity index (χ3n) is 1.43. The zero-order valence-corrected chi connectivity index (χ0v) is 9.39. The van der Waals surface area contributed by atoms with Crippen molar-refractivity contribution < 1.29 is 9.59 Å². The first-order valence-corrected chi connectivity index (χ1v) is 4.93. The average Bonchev–Trinajstić information content (AvgIpc) is 2.47. The highest BCUT2D eigenvalue weighted by Crippen LogP contribution is 2.01. The van der Waals surface area contributed by atoms with E-state index in [9.17, 15) is 9.59 Å². The molecule has 1 aromatic rings. The van der Waals surface area contributed by atoms with E-state index in [4.69, 9.17) is 5.73 Å². The number of urea groups is 1. The number of imide groups is 1. The van der Waals surface area contributed by atoms with E-state index in [1.807, 2.05) is 5.32 Å². The van der Waals surface area contributed by atoms with Crippen molar-refractivity contribution in [1.82, 2.24) is 15.1 Å². The second-order valence-corrected chi connectivity index (χ2v) is 3.83. The third kappa shape index (κ3) is 3.73. The van der Waals surface area contributed by atoms with Gasteiger partial charge in [-0.05, 0) is 22.6 Å². The SMILES string of the molecule is NC(=O)NC(=O)CCn1cc(I)cn1. The number of aryl methyl sites for hydroxylation is 1. The topological polar surface area (TPSA) is 90.0 Å². The van der Waals surface area contributed by atoms with Gasteiger partial charge in [0, 0.05) is 19.2 Å². The minimum atomic E-state index is -0.829. The number of nitrogens with zero attached hydrogens (tertiary/aromatic N) is 2. The fourth-order valence-corrected chi connectivity index (χ4v) is 1.32. The molecule has 0 saturated heterocycles. The first-order valence-electron chi connectivity index (χ1n) is 3.85. The van der Waals surface area contributed by atoms with Crippen molar-refractivity contribution >= 4 is 34.5 Å². The molecule has 1 heterocycles. The van der Waals surface area contributed by atoms with Crippen LogP contribution < -0.4 is 11.1 Å². The van der Waals surface area contributed by atoms with Gasteiger partial charge in [0.05, 0.1) is 9.77 Å². The molecule has 0 fully saturated rings. The zero-order chi connectivity index (χ0) is 10.6. The highest BCUT2D eigenvalue weighted by Gasteiger charge is 2.04. The molecule has 0 bridgehead atoms. The molecule has 0 aliphatic heterocycles. The summed E-state index contributed by atoms with van der Waals surface area (Å²) in [5.41, 5.74) is 4.77. The highest BCUT2D eigenvalue weighted by atomic mass is 127. The van der Waals surface area contributed by atoms with Gasteiger partial charge in [-0.15, -0.1) is 0 Å². The predicted octanol–water partition coefficient (Wildman–Crippen LogP) is 0.0727. The molecule has 1 rings (SSSR count). The summed E-state index contributed by atoms with van der Waals surface area (Å²) >= 11 is 2.12. The molecule has 3 N–H and O–H groups in total. The second kappa shape index (κ2) is 4.94. The van der Waals surface area contributed by atoms with Gasteiger partial charge in [0.2, 0.25) is 5.91 Å². The van der Waals surface area contributed by atoms with Crippen LogP contribution in [0.3, 0.4) is 0 Å². The van der Waals surface area contributed by atoms with Crippen LogP contribution in [-0.4, -0.2) is 21.7 Å². The number of hydrogen-bond donors (Lipinski definition) is 2. The standard InChI is InChI=1S/C7H9IN4O2/c8-5-3-10-12(4-5)2-1-6(13)11-7(9)14/h3-4H,1-2H2,(H3,9,11,13,14). The summed E-state index contributed by atoms with van der Waals surface area (Å²) in [6, 6.07) is -0.829. The second-order valence-electron chi connectivity index (χ2n) is 2.58. The Bertz CT molecular complexity index is 349. The minimum absolute atomic E-state index is 0.181. The molecule has 0 unspecified atom stereocenters. The fraction of sp³-hybridized carbons (Fsp3) is 0.286. The Morgan fingerprint density at radius 1 is 1.64 bits per heavy atom. The van der Waals surface area contributed by atoms with E-state index in [0.717, 1.165) is 3.57 Å². The summed E-state index contributed by atoms with van der Waals surface area (Å²) in [5, 5.41) is 5.96. The lowest BCUT2D eigenvalue weighted by Gasteiger charge is -2.00. The van der Waals surface area contributed by atoms with Crippen LogP contribution in [0, 0.1) is 3.57 Å². The molecule has 14 heavy (non-hydrogen) atoms. The van der Waals surface area contributed by atoms with Gasteiger partial charge in [0.25, 0.3) is 0 Å². The Kier molecular flexibility index (Phi) is 3.86. The number of amides is 3. The molecule has 1 aromatic heterocycles. The molecule has 0 aliphatic carbocycles. The van der Waals surface area contributed by atoms with Crippen molar-refractivity contribution in [2.75, 3.05) is 0 Å². The van der Waals surface area contributed by atoms with Gasteiger partial charge >= 0.3 is 6.03 Å². The lowest BCUT2D eigenvalue weighted by atomic mass is 10.4. The molecular weight excluding hydrogens is 299 g/mol. The van der Waals surface area contributed by atoms with E-state index in [2.05, 4.69) is 27.7 Å². The lowest BCUT2D eigenvalue weighted by Crippen LogP contribution is -2.35. The summed E-state index contributed by atoms with van der Waals surface area (Å²) in [4.78, 5) is 21.3. The van der Waals surface area contributed by atoms with Crippen molar-refractivity contribution in [2.24, 2.45) is 5.73 Å². The number of halogens is 1. The van der Waals surface area contributed by atoms with E-state index >= 15 is 0 Å². The monoisotopic (exact) mass is 308 g/mol. The number of carbonyl (C=O) groups is 2. The molecule has 0 spiro atoms. The van der Waals surface area contributed by atoms with Crippen LogP contribution in [0.1, 0.15) is 6.42 Å². The van der Waals surface area contributed by atoms with Crippen LogP contribution in [0.15, 0.2) is 12.4 Å². The maximum absolute atomic E-state index is 11.0. The summed E-state index contributed by atoms with van der Waals surface area (Å²) in [7, 11) is 0. The molecule has 0 atom stereocenters. The number of hydrogen-bond acceptors (Lipinski definition) is 3. The highest BCUT2D eigenvalue weighted by molar-refractivity contribution is 14.1. The quantitative estimate of drug-likeness (QED) is 0.775. The van der Waals surface area contributed by atoms with Crippen LogP contribution in [0.2, 0.25) is 0 Å². The lowest BCUT2D eigenvalue weighted by molar-refractivity contribution is -0.120. The summed E-state index contributed by atoms with van der Waals surface area (Å²) in [6.45, 7) is 0.433. The summed E-state index contributed by atoms with van der Waals surface area (Å²) < 4.78 is 2.63. The van der Waals surface area contributed by atoms with Crippen LogP contribution >= 0.6 is 22.6 Å². The van der Waals surface area contributed by atoms with E-state index in [1.165, 1.54) is 0 Å². The van der Waals surface area contributed by atoms with Gasteiger partial charge in [0.15, 0.2) is 0 Å². The molecule has 0 aliphatic rings. The number of nitrogens with two attached hydrogens (primary N) is 1. The Labute approximate surface area is 94.0 Å². The van der Waals surface area contributed by atoms with Crippen LogP contribution in [0.5, 0.6) is 0 Å². The zero-order valence-electron chi connectivity index (χ0n) is 7.24. The van der Waals surface area contributed by atoms with Crippen molar-refractivity contribution in [3.05, 3.63) is 16.0 Å². The van der Waals surface area contributed by atoms with Gasteiger partial charge in [0.1, 0.15) is 0 Å². The number of rotatable bonds is 3. The molecule has 0 saturated carbocycles. The Balaban J connectivity index is 2.34. The Morgan fingerprint density at radius 2 is 2.36 bits per heavy atom. The van der Waals surface area contributed by atoms with Gasteiger partial charge in [-0.1, -0.05) is 0 Å². The molecule has 0 radical (unpaired) electrons. The maximum Gasteiger partial charge on any atom is 0.318 e. The van der Waals surface area contributed by atoms with Gasteiger partial charge in [-0.25, -0.2) is 4.79 Å². The molecule has 6 nitrogen and oxygen atoms in total. The molecule has 0 aromatic carbocycles. The van der Waals surface area contributed by atoms with Gasteiger partial charge < -0.3 is 5.73 Å². The molecule has 7 heteroatoms. The minimum Gasteiger partial charge on any atom is -0.351 e. The first-order chi connectivity index (χ1) is 6.58. The van der Waals surface area contributed by atoms with Crippen molar-refractivity contribution in [3.63, 3.8) is 0 Å². The predicted molar refractivity (Wildman–Crippen MR) is 57.3 cm³/mol. The average molecular weight is 308 g/mol. The molecular formula is C7H9IN4O2. The van der Waals surface area contributed by atoms with Gasteiger partial charge in [-0.2, -0.15) is 5.10 Å². The van der Waals surface area contributed by atoms with Crippen molar-refractivity contribution in [3.8, 4) is 0 Å². The van der Waals surface area contributed by atoms with Crippen molar-refractivity contribution in [1.29, 1.82) is 0 Å². The van der Waals surface area contributed by atoms with Crippen LogP contribution in [-0.2, 0) is 11.3 Å². The maximum atomic E-state index is 11.0. The Hall–Kier alpha value is -1.12. The van der Waals surface area contributed by atoms with Crippen LogP contribution in [0.4, 0.5) is 4.79 Å². The van der Waals surface area contributed by atoms with E-state index < -0.39 is 11.9 Å². The summed E-state index contributed by atoms with van der Waals surface area (Å²) in [6.07, 6.45) is 3.67. The summed E-state index contributed by atoms with van der Waals surface area (Å²) in [5.74, 6) is -0.400. The number of aromatic nitrogens is 2. The smallest absolute Gasteiger partial charge is 0.318 e. The van der Waals surface area contributed by atoms with Crippen LogP contribution in [0.25, 0.3) is 0 Å². The number of carbonyl (C=O) groups excluding carboxylic acids is 2. The number of primary amides is 1. The normalized spacial score (nSPS) is 9.79. The van der Waals surface area contributed by atoms with Crippen molar-refractivity contribution in [2.45, 2.75) is 13.0 Å². The molecule has 76 valence electrons. The van der Waals surface area contributed by atoms with Gasteiger partial charge in [-0.3, -0.25) is 14.8 Å². The largest absolute Gasteiger partial charge is 0.351 e. The Morgan fingerprint density at radius 3 is 2.86 bits per heavy atom. The van der Waals surface area contributed by atoms with E-state index in [0.29, 0.717) is 6.54 Å².